The number of alkyl halides is 1. The molecular weight excluding hydrogens is 467 g/mol. The molecule has 0 heterocycles. The van der Waals surface area contributed by atoms with E-state index in [1.54, 1.807) is 31.4 Å². The van der Waals surface area contributed by atoms with Crippen molar-refractivity contribution in [2.45, 2.75) is 62.3 Å². The van der Waals surface area contributed by atoms with Gasteiger partial charge in [0.1, 0.15) is 6.17 Å². The van der Waals surface area contributed by atoms with Gasteiger partial charge in [0.25, 0.3) is 5.91 Å². The van der Waals surface area contributed by atoms with Crippen LogP contribution in [0.2, 0.25) is 5.02 Å². The molecule has 9 heteroatoms. The Bertz CT molecular complexity index is 1030. The Balaban J connectivity index is 1.84. The lowest BCUT2D eigenvalue weighted by Gasteiger charge is -2.35. The third-order valence-electron chi connectivity index (χ3n) is 5.79. The number of methoxy groups -OCH3 is 1. The van der Waals surface area contributed by atoms with Crippen LogP contribution in [0.1, 0.15) is 48.5 Å². The number of nitrogens with one attached hydrogen (secondary N) is 1. The number of sulfonamides is 1. The molecule has 2 aromatic carbocycles. The van der Waals surface area contributed by atoms with Gasteiger partial charge in [-0.25, -0.2) is 12.8 Å². The van der Waals surface area contributed by atoms with E-state index in [9.17, 15) is 17.6 Å². The molecule has 1 fully saturated rings. The van der Waals surface area contributed by atoms with Crippen molar-refractivity contribution >= 4 is 27.5 Å². The smallest absolute Gasteiger partial charge is 0.251 e. The van der Waals surface area contributed by atoms with Gasteiger partial charge in [0.15, 0.2) is 0 Å². The van der Waals surface area contributed by atoms with Crippen LogP contribution in [0.15, 0.2) is 53.4 Å². The fourth-order valence-electron chi connectivity index (χ4n) is 4.05. The van der Waals surface area contributed by atoms with Crippen LogP contribution < -0.4 is 5.32 Å². The van der Waals surface area contributed by atoms with E-state index in [2.05, 4.69) is 5.32 Å². The predicted octanol–water partition coefficient (Wildman–Crippen LogP) is 4.58. The van der Waals surface area contributed by atoms with Crippen LogP contribution in [0.4, 0.5) is 4.39 Å². The zero-order valence-electron chi connectivity index (χ0n) is 18.8. The number of carbonyl (C=O) groups is 1. The second-order valence-electron chi connectivity index (χ2n) is 8.40. The zero-order chi connectivity index (χ0) is 24.0. The molecule has 0 aromatic heterocycles. The van der Waals surface area contributed by atoms with Crippen LogP contribution in [0.3, 0.4) is 0 Å². The van der Waals surface area contributed by atoms with Crippen molar-refractivity contribution in [3.05, 3.63) is 64.7 Å². The topological polar surface area (TPSA) is 75.7 Å². The molecule has 3 atom stereocenters. The van der Waals surface area contributed by atoms with Crippen molar-refractivity contribution < 1.29 is 22.3 Å². The van der Waals surface area contributed by atoms with E-state index in [0.717, 1.165) is 12.8 Å². The Morgan fingerprint density at radius 3 is 2.39 bits per heavy atom. The van der Waals surface area contributed by atoms with Crippen molar-refractivity contribution in [3.8, 4) is 0 Å². The molecule has 180 valence electrons. The Labute approximate surface area is 200 Å². The minimum Gasteiger partial charge on any atom is -0.383 e. The van der Waals surface area contributed by atoms with Gasteiger partial charge in [0.05, 0.1) is 17.5 Å². The van der Waals surface area contributed by atoms with Crippen LogP contribution in [0.25, 0.3) is 0 Å². The van der Waals surface area contributed by atoms with Crippen LogP contribution in [-0.2, 0) is 21.3 Å². The van der Waals surface area contributed by atoms with Crippen LogP contribution in [-0.4, -0.2) is 50.6 Å². The van der Waals surface area contributed by atoms with Gasteiger partial charge in [-0.05, 0) is 61.7 Å². The van der Waals surface area contributed by atoms with E-state index in [-0.39, 0.29) is 23.4 Å². The Hall–Kier alpha value is -2.00. The van der Waals surface area contributed by atoms with Gasteiger partial charge in [-0.3, -0.25) is 4.79 Å². The van der Waals surface area contributed by atoms with Crippen molar-refractivity contribution in [2.75, 3.05) is 13.7 Å². The number of carbonyl (C=O) groups excluding carboxylic acids is 1. The molecule has 2 unspecified atom stereocenters. The molecule has 0 spiro atoms. The molecule has 3 rings (SSSR count). The fourth-order valence-corrected chi connectivity index (χ4v) is 5.84. The molecule has 2 aromatic rings. The lowest BCUT2D eigenvalue weighted by atomic mass is 9.93. The van der Waals surface area contributed by atoms with Crippen molar-refractivity contribution in [3.63, 3.8) is 0 Å². The van der Waals surface area contributed by atoms with Gasteiger partial charge in [-0.15, -0.1) is 0 Å². The molecule has 1 N–H and O–H groups in total. The lowest BCUT2D eigenvalue weighted by molar-refractivity contribution is 0.0905. The van der Waals surface area contributed by atoms with Crippen molar-refractivity contribution in [1.82, 2.24) is 9.62 Å². The Morgan fingerprint density at radius 2 is 1.79 bits per heavy atom. The highest BCUT2D eigenvalue weighted by Crippen LogP contribution is 2.32. The van der Waals surface area contributed by atoms with E-state index in [1.807, 2.05) is 6.92 Å². The summed E-state index contributed by atoms with van der Waals surface area (Å²) in [6, 6.07) is 11.7. The third kappa shape index (κ3) is 6.53. The predicted molar refractivity (Wildman–Crippen MR) is 127 cm³/mol. The van der Waals surface area contributed by atoms with E-state index in [4.69, 9.17) is 16.3 Å². The highest BCUT2D eigenvalue weighted by Gasteiger charge is 2.38. The zero-order valence-corrected chi connectivity index (χ0v) is 20.4. The highest BCUT2D eigenvalue weighted by atomic mass is 35.5. The summed E-state index contributed by atoms with van der Waals surface area (Å²) in [5.74, 6) is -0.243. The minimum atomic E-state index is -3.96. The summed E-state index contributed by atoms with van der Waals surface area (Å²) in [6.07, 6.45) is 1.10. The number of amides is 1. The summed E-state index contributed by atoms with van der Waals surface area (Å²) < 4.78 is 48.1. The first-order valence-corrected chi connectivity index (χ1v) is 12.8. The molecule has 33 heavy (non-hydrogen) atoms. The molecular formula is C24H30ClFN2O4S. The standard InChI is InChI=1S/C24H30ClFN2O4S/c1-17(16-32-2)27-24(29)19-9-7-18(8-10-19)15-28(23-6-4-3-5-22(23)26)33(30,31)21-13-11-20(25)12-14-21/h7-14,17,22-23H,3-6,15-16H2,1-2H3,(H,27,29)/t17?,22-,23?/m0/s1. The number of hydrogen-bond acceptors (Lipinski definition) is 4. The van der Waals surface area contributed by atoms with Gasteiger partial charge in [0.2, 0.25) is 10.0 Å². The summed E-state index contributed by atoms with van der Waals surface area (Å²) in [5.41, 5.74) is 1.13. The molecule has 1 saturated carbocycles. The summed E-state index contributed by atoms with van der Waals surface area (Å²) in [4.78, 5) is 12.5. The summed E-state index contributed by atoms with van der Waals surface area (Å²) in [6.45, 7) is 2.25. The molecule has 0 saturated heterocycles. The first-order valence-electron chi connectivity index (χ1n) is 11.0. The number of nitrogens with zero attached hydrogens (tertiary/aromatic N) is 1. The monoisotopic (exact) mass is 496 g/mol. The highest BCUT2D eigenvalue weighted by molar-refractivity contribution is 7.89. The van der Waals surface area contributed by atoms with E-state index >= 15 is 0 Å². The molecule has 6 nitrogen and oxygen atoms in total. The maximum absolute atomic E-state index is 14.9. The average Bonchev–Trinajstić information content (AvgIpc) is 2.79. The second-order valence-corrected chi connectivity index (χ2v) is 10.7. The molecule has 0 radical (unpaired) electrons. The maximum Gasteiger partial charge on any atom is 0.251 e. The minimum absolute atomic E-state index is 0.0119. The molecule has 1 amide bonds. The number of rotatable bonds is 9. The van der Waals surface area contributed by atoms with Gasteiger partial charge in [0, 0.05) is 30.3 Å². The summed E-state index contributed by atoms with van der Waals surface area (Å²) >= 11 is 5.92. The van der Waals surface area contributed by atoms with E-state index < -0.39 is 22.2 Å². The van der Waals surface area contributed by atoms with Crippen LogP contribution in [0, 0.1) is 0 Å². The first kappa shape index (κ1) is 25.6. The van der Waals surface area contributed by atoms with E-state index in [0.29, 0.717) is 35.6 Å². The number of ether oxygens (including phenoxy) is 1. The largest absolute Gasteiger partial charge is 0.383 e. The molecule has 0 bridgehead atoms. The Morgan fingerprint density at radius 1 is 1.15 bits per heavy atom. The lowest BCUT2D eigenvalue weighted by Crippen LogP contribution is -2.46. The fraction of sp³-hybridized carbons (Fsp3) is 0.458. The Kier molecular flexibility index (Phi) is 8.87. The maximum atomic E-state index is 14.9. The molecule has 1 aliphatic rings. The van der Waals surface area contributed by atoms with E-state index in [1.165, 1.54) is 28.6 Å². The van der Waals surface area contributed by atoms with Crippen LogP contribution in [0.5, 0.6) is 0 Å². The van der Waals surface area contributed by atoms with Gasteiger partial charge in [-0.1, -0.05) is 36.6 Å². The number of benzene rings is 2. The SMILES string of the molecule is COCC(C)NC(=O)c1ccc(CN(C2CCCC[C@@H]2F)S(=O)(=O)c2ccc(Cl)cc2)cc1. The average molecular weight is 497 g/mol. The van der Waals surface area contributed by atoms with Crippen molar-refractivity contribution in [1.29, 1.82) is 0 Å². The first-order chi connectivity index (χ1) is 15.7. The summed E-state index contributed by atoms with van der Waals surface area (Å²) in [7, 11) is -2.39. The number of halogens is 2. The second kappa shape index (κ2) is 11.4. The van der Waals surface area contributed by atoms with Gasteiger partial charge < -0.3 is 10.1 Å². The third-order valence-corrected chi connectivity index (χ3v) is 7.92. The summed E-state index contributed by atoms with van der Waals surface area (Å²) in [5, 5.41) is 3.26. The quantitative estimate of drug-likeness (QED) is 0.551. The van der Waals surface area contributed by atoms with Gasteiger partial charge in [-0.2, -0.15) is 4.31 Å². The van der Waals surface area contributed by atoms with Crippen LogP contribution >= 0.6 is 11.6 Å². The normalized spacial score (nSPS) is 19.9. The van der Waals surface area contributed by atoms with Gasteiger partial charge >= 0.3 is 0 Å². The molecule has 1 aliphatic carbocycles. The number of hydrogen-bond donors (Lipinski definition) is 1. The van der Waals surface area contributed by atoms with Crippen molar-refractivity contribution in [2.24, 2.45) is 0 Å². The molecule has 0 aliphatic heterocycles.